The van der Waals surface area contributed by atoms with Crippen molar-refractivity contribution in [3.63, 3.8) is 0 Å². The van der Waals surface area contributed by atoms with Gasteiger partial charge in [-0.1, -0.05) is 11.6 Å². The molecule has 0 atom stereocenters. The molecule has 0 amide bonds. The van der Waals surface area contributed by atoms with Crippen LogP contribution in [0, 0.1) is 22.9 Å². The Morgan fingerprint density at radius 1 is 1.14 bits per heavy atom. The van der Waals surface area contributed by atoms with Gasteiger partial charge in [0.15, 0.2) is 0 Å². The average Bonchev–Trinajstić information content (AvgIpc) is 2.14. The molecule has 0 bridgehead atoms. The van der Waals surface area contributed by atoms with Crippen molar-refractivity contribution in [1.29, 1.82) is 10.5 Å². The summed E-state index contributed by atoms with van der Waals surface area (Å²) in [5.41, 5.74) is 1.64. The molecule has 0 aromatic heterocycles. The molecule has 0 fully saturated rings. The molecule has 4 nitrogen and oxygen atoms in total. The summed E-state index contributed by atoms with van der Waals surface area (Å²) in [6.45, 7) is 1.77. The molecule has 0 aromatic carbocycles. The normalized spacial score (nSPS) is 21.1. The molecule has 0 aliphatic heterocycles. The number of allylic oxidation sites excluding steroid dienone is 4. The third-order valence-corrected chi connectivity index (χ3v) is 1.91. The van der Waals surface area contributed by atoms with Crippen molar-refractivity contribution >= 4 is 23.0 Å². The van der Waals surface area contributed by atoms with E-state index in [2.05, 4.69) is 9.98 Å². The van der Waals surface area contributed by atoms with Gasteiger partial charge in [-0.15, -0.1) is 0 Å². The van der Waals surface area contributed by atoms with E-state index >= 15 is 0 Å². The van der Waals surface area contributed by atoms with Crippen LogP contribution in [0.25, 0.3) is 0 Å². The van der Waals surface area contributed by atoms with Crippen molar-refractivity contribution in [2.45, 2.75) is 6.92 Å². The quantitative estimate of drug-likeness (QED) is 0.447. The van der Waals surface area contributed by atoms with Crippen LogP contribution < -0.4 is 0 Å². The number of nitrogens with zero attached hydrogens (tertiary/aromatic N) is 4. The molecular formula is C9H5ClN4. The molecule has 14 heavy (non-hydrogen) atoms. The average molecular weight is 205 g/mol. The van der Waals surface area contributed by atoms with Gasteiger partial charge in [0.25, 0.3) is 0 Å². The van der Waals surface area contributed by atoms with Gasteiger partial charge in [-0.25, -0.2) is 0 Å². The van der Waals surface area contributed by atoms with Crippen molar-refractivity contribution in [2.75, 3.05) is 0 Å². The predicted molar refractivity (Wildman–Crippen MR) is 53.8 cm³/mol. The van der Waals surface area contributed by atoms with Crippen molar-refractivity contribution in [3.8, 4) is 12.4 Å². The van der Waals surface area contributed by atoms with Gasteiger partial charge >= 0.3 is 0 Å². The molecule has 0 N–H and O–H groups in total. The second-order valence-corrected chi connectivity index (χ2v) is 2.92. The minimum Gasteiger partial charge on any atom is -0.173 e. The minimum absolute atomic E-state index is 0.311. The second-order valence-electron chi connectivity index (χ2n) is 2.51. The van der Waals surface area contributed by atoms with Crippen molar-refractivity contribution in [2.24, 2.45) is 9.98 Å². The van der Waals surface area contributed by atoms with Crippen molar-refractivity contribution in [3.05, 3.63) is 22.8 Å². The van der Waals surface area contributed by atoms with Crippen LogP contribution in [0.2, 0.25) is 0 Å². The van der Waals surface area contributed by atoms with Gasteiger partial charge in [-0.05, 0) is 24.6 Å². The van der Waals surface area contributed by atoms with E-state index in [-0.39, 0.29) is 0 Å². The first-order valence-corrected chi connectivity index (χ1v) is 4.06. The van der Waals surface area contributed by atoms with Crippen LogP contribution in [0.1, 0.15) is 6.92 Å². The molecule has 68 valence electrons. The number of hydrogen-bond acceptors (Lipinski definition) is 4. The molecule has 0 saturated heterocycles. The van der Waals surface area contributed by atoms with E-state index in [4.69, 9.17) is 22.1 Å². The number of halogens is 1. The molecule has 1 rings (SSSR count). The van der Waals surface area contributed by atoms with Gasteiger partial charge < -0.3 is 0 Å². The maximum absolute atomic E-state index is 8.37. The second kappa shape index (κ2) is 4.36. The highest BCUT2D eigenvalue weighted by Crippen LogP contribution is 2.16. The molecule has 0 aromatic rings. The van der Waals surface area contributed by atoms with Gasteiger partial charge in [0.1, 0.15) is 0 Å². The Morgan fingerprint density at radius 3 is 2.29 bits per heavy atom. The molecule has 1 aliphatic carbocycles. The SMILES string of the molecule is CC1=CC(=NC#N)C(Cl)=CC1=NC#N. The molecule has 5 heteroatoms. The minimum atomic E-state index is 0.311. The molecule has 1 aliphatic rings. The predicted octanol–water partition coefficient (Wildman–Crippen LogP) is 1.91. The first kappa shape index (κ1) is 10.2. The van der Waals surface area contributed by atoms with Crippen molar-refractivity contribution in [1.82, 2.24) is 0 Å². The molecule has 0 saturated carbocycles. The standard InChI is InChI=1S/C9H5ClN4/c1-6-2-9(14-5-12)7(10)3-8(6)13-4-11/h2-3H,1H3. The summed E-state index contributed by atoms with van der Waals surface area (Å²) >= 11 is 5.80. The first-order chi connectivity index (χ1) is 6.69. The van der Waals surface area contributed by atoms with Crippen LogP contribution in [0.15, 0.2) is 32.7 Å². The zero-order chi connectivity index (χ0) is 10.6. The van der Waals surface area contributed by atoms with Gasteiger partial charge in [0.05, 0.1) is 16.5 Å². The Bertz CT molecular complexity index is 410. The Balaban J connectivity index is 3.17. The molecular weight excluding hydrogens is 200 g/mol. The van der Waals surface area contributed by atoms with Crippen LogP contribution in [-0.4, -0.2) is 11.4 Å². The number of rotatable bonds is 0. The summed E-state index contributed by atoms with van der Waals surface area (Å²) < 4.78 is 0. The summed E-state index contributed by atoms with van der Waals surface area (Å²) in [4.78, 5) is 7.08. The summed E-state index contributed by atoms with van der Waals surface area (Å²) in [7, 11) is 0. The van der Waals surface area contributed by atoms with E-state index in [0.29, 0.717) is 16.5 Å². The van der Waals surface area contributed by atoms with Crippen LogP contribution in [0.3, 0.4) is 0 Å². The van der Waals surface area contributed by atoms with E-state index in [1.165, 1.54) is 6.08 Å². The molecule has 0 heterocycles. The third-order valence-electron chi connectivity index (χ3n) is 1.61. The van der Waals surface area contributed by atoms with Crippen molar-refractivity contribution < 1.29 is 0 Å². The summed E-state index contributed by atoms with van der Waals surface area (Å²) in [5, 5.41) is 17.0. The highest BCUT2D eigenvalue weighted by Gasteiger charge is 2.12. The fourth-order valence-corrected chi connectivity index (χ4v) is 1.17. The molecule has 0 radical (unpaired) electrons. The monoisotopic (exact) mass is 204 g/mol. The fourth-order valence-electron chi connectivity index (χ4n) is 0.970. The largest absolute Gasteiger partial charge is 0.206 e. The number of hydrogen-bond donors (Lipinski definition) is 0. The summed E-state index contributed by atoms with van der Waals surface area (Å²) in [6, 6.07) is 0. The first-order valence-electron chi connectivity index (χ1n) is 3.69. The lowest BCUT2D eigenvalue weighted by molar-refractivity contribution is 1.41. The smallest absolute Gasteiger partial charge is 0.173 e. The van der Waals surface area contributed by atoms with E-state index in [1.54, 1.807) is 25.4 Å². The molecule has 0 spiro atoms. The summed E-state index contributed by atoms with van der Waals surface area (Å²) in [5.74, 6) is 0. The van der Waals surface area contributed by atoms with Gasteiger partial charge in [0, 0.05) is 0 Å². The Morgan fingerprint density at radius 2 is 1.71 bits per heavy atom. The lowest BCUT2D eigenvalue weighted by atomic mass is 10.0. The summed E-state index contributed by atoms with van der Waals surface area (Å²) in [6.07, 6.45) is 6.45. The number of aliphatic imine (C=N–C) groups is 2. The maximum atomic E-state index is 8.37. The third kappa shape index (κ3) is 2.07. The van der Waals surface area contributed by atoms with E-state index < -0.39 is 0 Å². The van der Waals surface area contributed by atoms with Gasteiger partial charge in [-0.2, -0.15) is 20.5 Å². The highest BCUT2D eigenvalue weighted by molar-refractivity contribution is 6.49. The maximum Gasteiger partial charge on any atom is 0.206 e. The van der Waals surface area contributed by atoms with Crippen LogP contribution >= 0.6 is 11.6 Å². The fraction of sp³-hybridized carbons (Fsp3) is 0.111. The van der Waals surface area contributed by atoms with Crippen LogP contribution in [0.4, 0.5) is 0 Å². The zero-order valence-electron chi connectivity index (χ0n) is 7.32. The van der Waals surface area contributed by atoms with Gasteiger partial charge in [0.2, 0.25) is 12.4 Å². The highest BCUT2D eigenvalue weighted by atomic mass is 35.5. The van der Waals surface area contributed by atoms with Gasteiger partial charge in [-0.3, -0.25) is 0 Å². The van der Waals surface area contributed by atoms with E-state index in [9.17, 15) is 0 Å². The Labute approximate surface area is 86.2 Å². The van der Waals surface area contributed by atoms with E-state index in [1.807, 2.05) is 0 Å². The Hall–Kier alpha value is -1.91. The topological polar surface area (TPSA) is 72.3 Å². The van der Waals surface area contributed by atoms with Crippen LogP contribution in [0.5, 0.6) is 0 Å². The van der Waals surface area contributed by atoms with E-state index in [0.717, 1.165) is 5.57 Å². The molecule has 0 unspecified atom stereocenters. The lowest BCUT2D eigenvalue weighted by Crippen LogP contribution is -2.08. The number of nitriles is 2. The lowest BCUT2D eigenvalue weighted by Gasteiger charge is -2.08. The van der Waals surface area contributed by atoms with Crippen LogP contribution in [-0.2, 0) is 0 Å². The Kier molecular flexibility index (Phi) is 3.17. The zero-order valence-corrected chi connectivity index (χ0v) is 8.08.